The number of ether oxygens (including phenoxy) is 1. The van der Waals surface area contributed by atoms with Crippen molar-refractivity contribution in [1.29, 1.82) is 0 Å². The second-order valence-corrected chi connectivity index (χ2v) is 7.05. The molecule has 0 unspecified atom stereocenters. The summed E-state index contributed by atoms with van der Waals surface area (Å²) in [5, 5.41) is 0. The number of methoxy groups -OCH3 is 1. The lowest BCUT2D eigenvalue weighted by molar-refractivity contribution is -0.130. The molecule has 138 valence electrons. The molecule has 5 heteroatoms. The average molecular weight is 345 g/mol. The third kappa shape index (κ3) is 4.88. The summed E-state index contributed by atoms with van der Waals surface area (Å²) in [7, 11) is 1.74. The monoisotopic (exact) mass is 345 g/mol. The van der Waals surface area contributed by atoms with Crippen LogP contribution in [0, 0.1) is 0 Å². The molecule has 0 saturated carbocycles. The van der Waals surface area contributed by atoms with Gasteiger partial charge in [0.2, 0.25) is 5.91 Å². The molecule has 2 heterocycles. The van der Waals surface area contributed by atoms with Crippen LogP contribution in [-0.4, -0.2) is 68.6 Å². The number of nitrogens with zero attached hydrogens (tertiary/aromatic N) is 3. The van der Waals surface area contributed by atoms with Gasteiger partial charge in [0.15, 0.2) is 0 Å². The number of hydrogen-bond donors (Lipinski definition) is 0. The third-order valence-corrected chi connectivity index (χ3v) is 5.37. The summed E-state index contributed by atoms with van der Waals surface area (Å²) in [6.07, 6.45) is 5.27. The van der Waals surface area contributed by atoms with Crippen LogP contribution >= 0.6 is 0 Å². The summed E-state index contributed by atoms with van der Waals surface area (Å²) < 4.78 is 5.49. The molecule has 3 rings (SSSR count). The summed E-state index contributed by atoms with van der Waals surface area (Å²) in [4.78, 5) is 19.1. The van der Waals surface area contributed by atoms with Crippen LogP contribution in [0.2, 0.25) is 0 Å². The zero-order valence-corrected chi connectivity index (χ0v) is 15.5. The summed E-state index contributed by atoms with van der Waals surface area (Å²) in [6.45, 7) is 7.18. The molecule has 1 aromatic carbocycles. The van der Waals surface area contributed by atoms with E-state index >= 15 is 0 Å². The molecule has 0 radical (unpaired) electrons. The van der Waals surface area contributed by atoms with Crippen molar-refractivity contribution in [1.82, 2.24) is 9.80 Å². The van der Waals surface area contributed by atoms with Crippen LogP contribution in [-0.2, 0) is 4.79 Å². The number of anilines is 1. The van der Waals surface area contributed by atoms with E-state index in [9.17, 15) is 4.79 Å². The lowest BCUT2D eigenvalue weighted by atomic mass is 10.2. The highest BCUT2D eigenvalue weighted by molar-refractivity contribution is 5.76. The molecule has 2 saturated heterocycles. The van der Waals surface area contributed by atoms with Crippen LogP contribution in [0.5, 0.6) is 5.75 Å². The van der Waals surface area contributed by atoms with Crippen molar-refractivity contribution in [2.24, 2.45) is 0 Å². The molecule has 5 nitrogen and oxygen atoms in total. The van der Waals surface area contributed by atoms with Gasteiger partial charge in [-0.1, -0.05) is 18.6 Å². The Morgan fingerprint density at radius 3 is 2.56 bits per heavy atom. The maximum absolute atomic E-state index is 12.1. The molecule has 0 bridgehead atoms. The van der Waals surface area contributed by atoms with Crippen molar-refractivity contribution in [2.45, 2.75) is 32.1 Å². The van der Waals surface area contributed by atoms with Gasteiger partial charge in [-0.05, 0) is 37.9 Å². The highest BCUT2D eigenvalue weighted by Crippen LogP contribution is 2.28. The zero-order chi connectivity index (χ0) is 17.5. The maximum atomic E-state index is 12.1. The van der Waals surface area contributed by atoms with Crippen LogP contribution in [0.4, 0.5) is 5.69 Å². The highest BCUT2D eigenvalue weighted by atomic mass is 16.5. The van der Waals surface area contributed by atoms with Crippen LogP contribution in [0.1, 0.15) is 32.1 Å². The lowest BCUT2D eigenvalue weighted by Gasteiger charge is -2.36. The molecule has 25 heavy (non-hydrogen) atoms. The summed E-state index contributed by atoms with van der Waals surface area (Å²) >= 11 is 0. The fourth-order valence-electron chi connectivity index (χ4n) is 3.86. The number of likely N-dealkylation sites (tertiary alicyclic amines) is 1. The number of rotatable bonds is 6. The second-order valence-electron chi connectivity index (χ2n) is 7.05. The number of hydrogen-bond acceptors (Lipinski definition) is 4. The number of amides is 1. The Bertz CT molecular complexity index is 556. The molecule has 0 aliphatic carbocycles. The predicted molar refractivity (Wildman–Crippen MR) is 101 cm³/mol. The van der Waals surface area contributed by atoms with Crippen LogP contribution in [0.3, 0.4) is 0 Å². The second kappa shape index (κ2) is 9.09. The fraction of sp³-hybridized carbons (Fsp3) is 0.650. The van der Waals surface area contributed by atoms with E-state index in [2.05, 4.69) is 26.8 Å². The van der Waals surface area contributed by atoms with Crippen molar-refractivity contribution in [3.05, 3.63) is 24.3 Å². The van der Waals surface area contributed by atoms with Crippen molar-refractivity contribution < 1.29 is 9.53 Å². The largest absolute Gasteiger partial charge is 0.495 e. The smallest absolute Gasteiger partial charge is 0.222 e. The number of piperazine rings is 1. The first kappa shape index (κ1) is 18.1. The fourth-order valence-corrected chi connectivity index (χ4v) is 3.86. The number of benzene rings is 1. The number of para-hydroxylation sites is 2. The van der Waals surface area contributed by atoms with Gasteiger partial charge in [-0.25, -0.2) is 0 Å². The minimum atomic E-state index is 0.360. The van der Waals surface area contributed by atoms with Crippen molar-refractivity contribution in [2.75, 3.05) is 57.8 Å². The Labute approximate surface area is 151 Å². The summed E-state index contributed by atoms with van der Waals surface area (Å²) in [5.41, 5.74) is 1.19. The maximum Gasteiger partial charge on any atom is 0.222 e. The van der Waals surface area contributed by atoms with Gasteiger partial charge in [-0.2, -0.15) is 0 Å². The van der Waals surface area contributed by atoms with Crippen molar-refractivity contribution >= 4 is 11.6 Å². The Balaban J connectivity index is 1.41. The first-order chi connectivity index (χ1) is 12.3. The van der Waals surface area contributed by atoms with E-state index < -0.39 is 0 Å². The number of carbonyl (C=O) groups is 1. The van der Waals surface area contributed by atoms with Gasteiger partial charge in [-0.15, -0.1) is 0 Å². The minimum absolute atomic E-state index is 0.360. The Kier molecular flexibility index (Phi) is 6.56. The molecule has 2 aliphatic heterocycles. The topological polar surface area (TPSA) is 36.0 Å². The SMILES string of the molecule is COc1ccccc1N1CCN(CCCN2CCCCCC2=O)CC1. The molecule has 0 spiro atoms. The molecule has 0 atom stereocenters. The number of carbonyl (C=O) groups excluding carboxylic acids is 1. The van der Waals surface area contributed by atoms with E-state index in [-0.39, 0.29) is 0 Å². The molecular formula is C20H31N3O2. The first-order valence-corrected chi connectivity index (χ1v) is 9.66. The van der Waals surface area contributed by atoms with Crippen molar-refractivity contribution in [3.8, 4) is 5.75 Å². The molecule has 2 fully saturated rings. The van der Waals surface area contributed by atoms with Gasteiger partial charge in [0.1, 0.15) is 5.75 Å². The zero-order valence-electron chi connectivity index (χ0n) is 15.5. The molecule has 2 aliphatic rings. The summed E-state index contributed by atoms with van der Waals surface area (Å²) in [5.74, 6) is 1.31. The van der Waals surface area contributed by atoms with E-state index in [0.717, 1.165) is 70.8 Å². The standard InChI is InChI=1S/C20H31N3O2/c1-25-19-9-5-4-8-18(19)22-16-14-21(15-17-22)11-7-13-23-12-6-2-3-10-20(23)24/h4-5,8-9H,2-3,6-7,10-17H2,1H3. The van der Waals surface area contributed by atoms with E-state index in [1.54, 1.807) is 7.11 Å². The minimum Gasteiger partial charge on any atom is -0.495 e. The van der Waals surface area contributed by atoms with E-state index in [4.69, 9.17) is 4.74 Å². The van der Waals surface area contributed by atoms with Gasteiger partial charge < -0.3 is 14.5 Å². The first-order valence-electron chi connectivity index (χ1n) is 9.66. The Hall–Kier alpha value is -1.75. The molecule has 0 N–H and O–H groups in total. The Morgan fingerprint density at radius 2 is 1.76 bits per heavy atom. The van der Waals surface area contributed by atoms with Gasteiger partial charge in [-0.3, -0.25) is 9.69 Å². The van der Waals surface area contributed by atoms with E-state index in [1.165, 1.54) is 18.5 Å². The molecular weight excluding hydrogens is 314 g/mol. The quantitative estimate of drug-likeness (QED) is 0.794. The third-order valence-electron chi connectivity index (χ3n) is 5.37. The lowest BCUT2D eigenvalue weighted by Crippen LogP contribution is -2.47. The molecule has 0 aromatic heterocycles. The van der Waals surface area contributed by atoms with E-state index in [0.29, 0.717) is 5.91 Å². The highest BCUT2D eigenvalue weighted by Gasteiger charge is 2.20. The molecule has 1 aromatic rings. The van der Waals surface area contributed by atoms with Gasteiger partial charge in [0.25, 0.3) is 0 Å². The summed E-state index contributed by atoms with van der Waals surface area (Å²) in [6, 6.07) is 8.25. The van der Waals surface area contributed by atoms with Gasteiger partial charge in [0.05, 0.1) is 12.8 Å². The molecule has 1 amide bonds. The van der Waals surface area contributed by atoms with Crippen LogP contribution in [0.25, 0.3) is 0 Å². The van der Waals surface area contributed by atoms with Gasteiger partial charge >= 0.3 is 0 Å². The van der Waals surface area contributed by atoms with Crippen LogP contribution in [0.15, 0.2) is 24.3 Å². The van der Waals surface area contributed by atoms with E-state index in [1.807, 2.05) is 12.1 Å². The average Bonchev–Trinajstić information content (AvgIpc) is 2.87. The predicted octanol–water partition coefficient (Wildman–Crippen LogP) is 2.61. The Morgan fingerprint density at radius 1 is 0.960 bits per heavy atom. The van der Waals surface area contributed by atoms with Crippen LogP contribution < -0.4 is 9.64 Å². The normalized spacial score (nSPS) is 19.8. The van der Waals surface area contributed by atoms with Crippen molar-refractivity contribution in [3.63, 3.8) is 0 Å². The van der Waals surface area contributed by atoms with Gasteiger partial charge in [0, 0.05) is 45.7 Å².